The van der Waals surface area contributed by atoms with Crippen molar-refractivity contribution in [1.29, 1.82) is 0 Å². The van der Waals surface area contributed by atoms with Crippen LogP contribution >= 0.6 is 0 Å². The molecule has 6 nitrogen and oxygen atoms in total. The number of benzene rings is 1. The highest BCUT2D eigenvalue weighted by Gasteiger charge is 2.35. The third-order valence-electron chi connectivity index (χ3n) is 5.89. The first-order valence-electron chi connectivity index (χ1n) is 10.0. The molecule has 0 N–H and O–H groups in total. The van der Waals surface area contributed by atoms with E-state index in [2.05, 4.69) is 34.1 Å². The van der Waals surface area contributed by atoms with Gasteiger partial charge >= 0.3 is 0 Å². The van der Waals surface area contributed by atoms with Crippen LogP contribution < -0.4 is 9.80 Å². The molecule has 3 aromatic rings. The van der Waals surface area contributed by atoms with Gasteiger partial charge in [0, 0.05) is 50.4 Å². The maximum Gasteiger partial charge on any atom is 0.151 e. The van der Waals surface area contributed by atoms with Crippen LogP contribution in [0.3, 0.4) is 0 Å². The first-order valence-corrected chi connectivity index (χ1v) is 10.0. The molecule has 5 rings (SSSR count). The summed E-state index contributed by atoms with van der Waals surface area (Å²) in [4.78, 5) is 19.0. The van der Waals surface area contributed by atoms with E-state index in [-0.39, 0.29) is 0 Å². The lowest BCUT2D eigenvalue weighted by molar-refractivity contribution is 0.180. The van der Waals surface area contributed by atoms with Gasteiger partial charge in [-0.3, -0.25) is 4.98 Å². The normalized spacial score (nSPS) is 20.0. The number of pyridine rings is 1. The predicted octanol–water partition coefficient (Wildman–Crippen LogP) is 3.24. The molecule has 144 valence electrons. The first-order chi connectivity index (χ1) is 13.8. The van der Waals surface area contributed by atoms with Crippen LogP contribution in [0.1, 0.15) is 24.5 Å². The van der Waals surface area contributed by atoms with Crippen LogP contribution in [-0.2, 0) is 4.74 Å². The summed E-state index contributed by atoms with van der Waals surface area (Å²) >= 11 is 0. The van der Waals surface area contributed by atoms with Gasteiger partial charge in [0.1, 0.15) is 5.82 Å². The third kappa shape index (κ3) is 3.07. The molecule has 1 unspecified atom stereocenters. The van der Waals surface area contributed by atoms with Crippen molar-refractivity contribution >= 4 is 22.5 Å². The predicted molar refractivity (Wildman–Crippen MR) is 111 cm³/mol. The summed E-state index contributed by atoms with van der Waals surface area (Å²) in [6, 6.07) is 12.9. The molecule has 0 bridgehead atoms. The molecule has 0 saturated carbocycles. The molecule has 2 fully saturated rings. The highest BCUT2D eigenvalue weighted by molar-refractivity contribution is 5.80. The fourth-order valence-electron chi connectivity index (χ4n) is 4.40. The van der Waals surface area contributed by atoms with Gasteiger partial charge < -0.3 is 14.5 Å². The summed E-state index contributed by atoms with van der Waals surface area (Å²) in [5.74, 6) is 2.47. The van der Waals surface area contributed by atoms with Gasteiger partial charge in [0.05, 0.1) is 23.9 Å². The van der Waals surface area contributed by atoms with Crippen molar-refractivity contribution in [3.63, 3.8) is 0 Å². The standard InChI is InChI=1S/C22H25N5O/c1-28-15-18-6-4-12-27(18)22-21(23-10-11-24-22)17-13-26(14-17)20-9-8-16-5-2-3-7-19(16)25-20/h2-3,5,7-11,17-18H,4,6,12-15H2,1H3. The van der Waals surface area contributed by atoms with Crippen LogP contribution in [0, 0.1) is 0 Å². The van der Waals surface area contributed by atoms with E-state index in [1.807, 2.05) is 24.5 Å². The van der Waals surface area contributed by atoms with E-state index in [9.17, 15) is 0 Å². The Balaban J connectivity index is 1.35. The second-order valence-electron chi connectivity index (χ2n) is 7.67. The Labute approximate surface area is 165 Å². The number of methoxy groups -OCH3 is 1. The number of para-hydroxylation sites is 1. The highest BCUT2D eigenvalue weighted by Crippen LogP contribution is 2.36. The molecular weight excluding hydrogens is 350 g/mol. The fourth-order valence-corrected chi connectivity index (χ4v) is 4.40. The molecule has 1 atom stereocenters. The van der Waals surface area contributed by atoms with Gasteiger partial charge in [0.25, 0.3) is 0 Å². The van der Waals surface area contributed by atoms with Crippen molar-refractivity contribution in [2.45, 2.75) is 24.8 Å². The SMILES string of the molecule is COCC1CCCN1c1nccnc1C1CN(c2ccc3ccccc3n2)C1. The number of hydrogen-bond donors (Lipinski definition) is 0. The molecule has 28 heavy (non-hydrogen) atoms. The molecule has 2 saturated heterocycles. The largest absolute Gasteiger partial charge is 0.383 e. The molecule has 2 aliphatic heterocycles. The Morgan fingerprint density at radius 1 is 1.07 bits per heavy atom. The van der Waals surface area contributed by atoms with E-state index in [0.29, 0.717) is 12.0 Å². The van der Waals surface area contributed by atoms with Crippen LogP contribution in [0.4, 0.5) is 11.6 Å². The number of nitrogens with zero attached hydrogens (tertiary/aromatic N) is 5. The quantitative estimate of drug-likeness (QED) is 0.682. The Morgan fingerprint density at radius 3 is 2.82 bits per heavy atom. The summed E-state index contributed by atoms with van der Waals surface area (Å²) < 4.78 is 5.42. The van der Waals surface area contributed by atoms with E-state index in [1.54, 1.807) is 7.11 Å². The molecule has 0 aliphatic carbocycles. The summed E-state index contributed by atoms with van der Waals surface area (Å²) in [6.45, 7) is 3.63. The Kier molecular flexibility index (Phi) is 4.56. The van der Waals surface area contributed by atoms with E-state index in [4.69, 9.17) is 19.7 Å². The van der Waals surface area contributed by atoms with Crippen molar-refractivity contribution in [3.05, 3.63) is 54.5 Å². The number of fused-ring (bicyclic) bond motifs is 1. The monoisotopic (exact) mass is 375 g/mol. The zero-order valence-corrected chi connectivity index (χ0v) is 16.2. The molecule has 0 amide bonds. The van der Waals surface area contributed by atoms with E-state index >= 15 is 0 Å². The minimum atomic E-state index is 0.390. The van der Waals surface area contributed by atoms with Gasteiger partial charge in [0.2, 0.25) is 0 Å². The molecular formula is C22H25N5O. The van der Waals surface area contributed by atoms with Crippen molar-refractivity contribution < 1.29 is 4.74 Å². The van der Waals surface area contributed by atoms with Crippen LogP contribution in [0.5, 0.6) is 0 Å². The number of hydrogen-bond acceptors (Lipinski definition) is 6. The molecule has 0 radical (unpaired) electrons. The lowest BCUT2D eigenvalue weighted by Crippen LogP contribution is -2.47. The Hall–Kier alpha value is -2.73. The summed E-state index contributed by atoms with van der Waals surface area (Å²) in [5.41, 5.74) is 2.16. The minimum absolute atomic E-state index is 0.390. The topological polar surface area (TPSA) is 54.4 Å². The molecule has 4 heterocycles. The van der Waals surface area contributed by atoms with Crippen molar-refractivity contribution in [2.75, 3.05) is 43.2 Å². The van der Waals surface area contributed by atoms with Gasteiger partial charge in [-0.2, -0.15) is 0 Å². The second kappa shape index (κ2) is 7.36. The van der Waals surface area contributed by atoms with E-state index in [0.717, 1.165) is 55.5 Å². The summed E-state index contributed by atoms with van der Waals surface area (Å²) in [6.07, 6.45) is 5.96. The van der Waals surface area contributed by atoms with Gasteiger partial charge in [-0.15, -0.1) is 0 Å². The molecule has 1 aromatic carbocycles. The third-order valence-corrected chi connectivity index (χ3v) is 5.89. The van der Waals surface area contributed by atoms with Crippen molar-refractivity contribution in [1.82, 2.24) is 15.0 Å². The second-order valence-corrected chi connectivity index (χ2v) is 7.67. The lowest BCUT2D eigenvalue weighted by Gasteiger charge is -2.41. The number of ether oxygens (including phenoxy) is 1. The summed E-state index contributed by atoms with van der Waals surface area (Å²) in [5, 5.41) is 1.18. The molecule has 6 heteroatoms. The average Bonchev–Trinajstić information content (AvgIpc) is 3.16. The first kappa shape index (κ1) is 17.4. The Bertz CT molecular complexity index is 972. The molecule has 2 aromatic heterocycles. The highest BCUT2D eigenvalue weighted by atomic mass is 16.5. The smallest absolute Gasteiger partial charge is 0.151 e. The maximum absolute atomic E-state index is 5.42. The molecule has 2 aliphatic rings. The van der Waals surface area contributed by atoms with Gasteiger partial charge in [0.15, 0.2) is 5.82 Å². The zero-order valence-electron chi connectivity index (χ0n) is 16.2. The van der Waals surface area contributed by atoms with Crippen molar-refractivity contribution in [2.24, 2.45) is 0 Å². The van der Waals surface area contributed by atoms with Crippen LogP contribution in [0.2, 0.25) is 0 Å². The van der Waals surface area contributed by atoms with Gasteiger partial charge in [-0.25, -0.2) is 9.97 Å². The van der Waals surface area contributed by atoms with Crippen LogP contribution in [0.15, 0.2) is 48.8 Å². The number of anilines is 2. The molecule has 0 spiro atoms. The Morgan fingerprint density at radius 2 is 1.93 bits per heavy atom. The van der Waals surface area contributed by atoms with E-state index in [1.165, 1.54) is 11.8 Å². The summed E-state index contributed by atoms with van der Waals surface area (Å²) in [7, 11) is 1.77. The van der Waals surface area contributed by atoms with Gasteiger partial charge in [-0.1, -0.05) is 18.2 Å². The number of rotatable bonds is 5. The lowest BCUT2D eigenvalue weighted by atomic mass is 9.95. The number of aromatic nitrogens is 3. The maximum atomic E-state index is 5.42. The van der Waals surface area contributed by atoms with Crippen molar-refractivity contribution in [3.8, 4) is 0 Å². The minimum Gasteiger partial charge on any atom is -0.383 e. The van der Waals surface area contributed by atoms with Crippen LogP contribution in [-0.4, -0.2) is 54.3 Å². The van der Waals surface area contributed by atoms with Crippen LogP contribution in [0.25, 0.3) is 10.9 Å². The van der Waals surface area contributed by atoms with E-state index < -0.39 is 0 Å². The fraction of sp³-hybridized carbons (Fsp3) is 0.409. The zero-order chi connectivity index (χ0) is 18.9. The van der Waals surface area contributed by atoms with Gasteiger partial charge in [-0.05, 0) is 31.0 Å². The average molecular weight is 375 g/mol.